The lowest BCUT2D eigenvalue weighted by Gasteiger charge is -2.18. The van der Waals surface area contributed by atoms with Crippen molar-refractivity contribution in [2.75, 3.05) is 6.61 Å². The van der Waals surface area contributed by atoms with E-state index in [-0.39, 0.29) is 24.5 Å². The van der Waals surface area contributed by atoms with Crippen molar-refractivity contribution in [1.82, 2.24) is 15.1 Å². The first-order valence-corrected chi connectivity index (χ1v) is 7.56. The molecule has 0 radical (unpaired) electrons. The lowest BCUT2D eigenvalue weighted by Crippen LogP contribution is -2.38. The molecule has 22 heavy (non-hydrogen) atoms. The molecule has 2 N–H and O–H groups in total. The van der Waals surface area contributed by atoms with E-state index in [0.717, 1.165) is 5.56 Å². The van der Waals surface area contributed by atoms with Gasteiger partial charge in [-0.1, -0.05) is 36.7 Å². The predicted molar refractivity (Wildman–Crippen MR) is 86.0 cm³/mol. The number of amides is 1. The molecule has 2 unspecified atom stereocenters. The number of carbonyl (C=O) groups is 1. The Kier molecular flexibility index (Phi) is 5.57. The summed E-state index contributed by atoms with van der Waals surface area (Å²) >= 11 is 6.12. The van der Waals surface area contributed by atoms with Crippen molar-refractivity contribution in [2.24, 2.45) is 5.92 Å². The molecule has 0 spiro atoms. The largest absolute Gasteiger partial charge is 0.396 e. The van der Waals surface area contributed by atoms with Gasteiger partial charge in [-0.25, -0.2) is 0 Å². The first-order valence-electron chi connectivity index (χ1n) is 7.19. The molecule has 1 amide bonds. The Labute approximate surface area is 134 Å². The van der Waals surface area contributed by atoms with E-state index in [0.29, 0.717) is 17.1 Å². The first-order chi connectivity index (χ1) is 10.5. The molecule has 5 nitrogen and oxygen atoms in total. The van der Waals surface area contributed by atoms with Crippen LogP contribution in [0.3, 0.4) is 0 Å². The molecule has 0 bridgehead atoms. The van der Waals surface area contributed by atoms with Crippen LogP contribution in [0.15, 0.2) is 36.7 Å². The number of benzene rings is 1. The zero-order valence-corrected chi connectivity index (χ0v) is 13.4. The molecular formula is C16H20ClN3O2. The minimum absolute atomic E-state index is 0.00196. The molecule has 0 saturated carbocycles. The van der Waals surface area contributed by atoms with Crippen LogP contribution in [0.25, 0.3) is 0 Å². The molecule has 0 saturated heterocycles. The van der Waals surface area contributed by atoms with E-state index < -0.39 is 0 Å². The van der Waals surface area contributed by atoms with Crippen LogP contribution in [-0.2, 0) is 6.54 Å². The summed E-state index contributed by atoms with van der Waals surface area (Å²) in [7, 11) is 0. The molecule has 0 aliphatic carbocycles. The number of nitrogens with zero attached hydrogens (tertiary/aromatic N) is 2. The van der Waals surface area contributed by atoms with Crippen molar-refractivity contribution < 1.29 is 9.90 Å². The standard InChI is InChI=1S/C16H20ClN3O2/c1-11(10-21)12(2)19-16(22)14-7-18-20(9-14)8-13-5-3-4-6-15(13)17/h3-7,9,11-12,21H,8,10H2,1-2H3,(H,19,22). The number of carbonyl (C=O) groups excluding carboxylic acids is 1. The first kappa shape index (κ1) is 16.5. The van der Waals surface area contributed by atoms with Crippen LogP contribution in [0, 0.1) is 5.92 Å². The average Bonchev–Trinajstić information content (AvgIpc) is 2.97. The van der Waals surface area contributed by atoms with Gasteiger partial charge in [-0.3, -0.25) is 9.48 Å². The lowest BCUT2D eigenvalue weighted by molar-refractivity contribution is 0.0916. The van der Waals surface area contributed by atoms with Gasteiger partial charge < -0.3 is 10.4 Å². The van der Waals surface area contributed by atoms with E-state index in [1.165, 1.54) is 6.20 Å². The number of rotatable bonds is 6. The number of aromatic nitrogens is 2. The Morgan fingerprint density at radius 1 is 1.41 bits per heavy atom. The van der Waals surface area contributed by atoms with Gasteiger partial charge in [0.25, 0.3) is 5.91 Å². The van der Waals surface area contributed by atoms with E-state index in [2.05, 4.69) is 10.4 Å². The minimum atomic E-state index is -0.196. The molecule has 2 rings (SSSR count). The number of aliphatic hydroxyl groups excluding tert-OH is 1. The van der Waals surface area contributed by atoms with Crippen molar-refractivity contribution in [3.8, 4) is 0 Å². The third kappa shape index (κ3) is 4.08. The second-order valence-electron chi connectivity index (χ2n) is 5.44. The lowest BCUT2D eigenvalue weighted by atomic mass is 10.1. The maximum Gasteiger partial charge on any atom is 0.254 e. The second-order valence-corrected chi connectivity index (χ2v) is 5.85. The van der Waals surface area contributed by atoms with E-state index in [9.17, 15) is 4.79 Å². The molecule has 6 heteroatoms. The fourth-order valence-corrected chi connectivity index (χ4v) is 2.15. The van der Waals surface area contributed by atoms with Gasteiger partial charge in [0.2, 0.25) is 0 Å². The monoisotopic (exact) mass is 321 g/mol. The summed E-state index contributed by atoms with van der Waals surface area (Å²) in [5, 5.41) is 16.8. The Balaban J connectivity index is 2.02. The van der Waals surface area contributed by atoms with E-state index in [1.54, 1.807) is 10.9 Å². The van der Waals surface area contributed by atoms with Gasteiger partial charge in [0.1, 0.15) is 0 Å². The van der Waals surface area contributed by atoms with Crippen molar-refractivity contribution in [2.45, 2.75) is 26.4 Å². The SMILES string of the molecule is CC(CO)C(C)NC(=O)c1cnn(Cc2ccccc2Cl)c1. The van der Waals surface area contributed by atoms with Gasteiger partial charge in [-0.15, -0.1) is 0 Å². The third-order valence-electron chi connectivity index (χ3n) is 3.69. The van der Waals surface area contributed by atoms with Gasteiger partial charge >= 0.3 is 0 Å². The maximum absolute atomic E-state index is 12.1. The van der Waals surface area contributed by atoms with E-state index >= 15 is 0 Å². The van der Waals surface area contributed by atoms with Crippen LogP contribution >= 0.6 is 11.6 Å². The van der Waals surface area contributed by atoms with Crippen molar-refractivity contribution in [1.29, 1.82) is 0 Å². The van der Waals surface area contributed by atoms with Crippen LogP contribution < -0.4 is 5.32 Å². The quantitative estimate of drug-likeness (QED) is 0.858. The number of nitrogens with one attached hydrogen (secondary N) is 1. The highest BCUT2D eigenvalue weighted by Gasteiger charge is 2.16. The molecule has 0 aliphatic rings. The summed E-state index contributed by atoms with van der Waals surface area (Å²) in [5.41, 5.74) is 1.44. The Morgan fingerprint density at radius 2 is 2.14 bits per heavy atom. The van der Waals surface area contributed by atoms with Crippen molar-refractivity contribution >= 4 is 17.5 Å². The van der Waals surface area contributed by atoms with Crippen LogP contribution in [-0.4, -0.2) is 33.4 Å². The number of aliphatic hydroxyl groups is 1. The Bertz CT molecular complexity index is 642. The summed E-state index contributed by atoms with van der Waals surface area (Å²) in [4.78, 5) is 12.1. The zero-order valence-electron chi connectivity index (χ0n) is 12.7. The molecule has 2 aromatic rings. The Hall–Kier alpha value is -1.85. The molecule has 2 atom stereocenters. The number of hydrogen-bond acceptors (Lipinski definition) is 3. The minimum Gasteiger partial charge on any atom is -0.396 e. The van der Waals surface area contributed by atoms with Gasteiger partial charge in [-0.2, -0.15) is 5.10 Å². The maximum atomic E-state index is 12.1. The highest BCUT2D eigenvalue weighted by Crippen LogP contribution is 2.16. The molecule has 1 aromatic heterocycles. The third-order valence-corrected chi connectivity index (χ3v) is 4.05. The van der Waals surface area contributed by atoms with Crippen LogP contribution in [0.4, 0.5) is 0 Å². The highest BCUT2D eigenvalue weighted by atomic mass is 35.5. The average molecular weight is 322 g/mol. The van der Waals surface area contributed by atoms with Gasteiger partial charge in [0.05, 0.1) is 18.3 Å². The topological polar surface area (TPSA) is 67.2 Å². The molecule has 0 aliphatic heterocycles. The van der Waals surface area contributed by atoms with E-state index in [4.69, 9.17) is 16.7 Å². The van der Waals surface area contributed by atoms with Gasteiger partial charge in [0.15, 0.2) is 0 Å². The summed E-state index contributed by atoms with van der Waals surface area (Å²) < 4.78 is 1.68. The Morgan fingerprint density at radius 3 is 2.82 bits per heavy atom. The van der Waals surface area contributed by atoms with Crippen molar-refractivity contribution in [3.63, 3.8) is 0 Å². The smallest absolute Gasteiger partial charge is 0.254 e. The normalized spacial score (nSPS) is 13.6. The second kappa shape index (κ2) is 7.42. The summed E-state index contributed by atoms with van der Waals surface area (Å²) in [6, 6.07) is 7.43. The molecule has 1 aromatic carbocycles. The molecule has 118 valence electrons. The van der Waals surface area contributed by atoms with Crippen molar-refractivity contribution in [3.05, 3.63) is 52.8 Å². The molecular weight excluding hydrogens is 302 g/mol. The fraction of sp³-hybridized carbons (Fsp3) is 0.375. The fourth-order valence-electron chi connectivity index (χ4n) is 1.96. The van der Waals surface area contributed by atoms with Crippen LogP contribution in [0.1, 0.15) is 29.8 Å². The molecule has 1 heterocycles. The predicted octanol–water partition coefficient (Wildman–Crippen LogP) is 2.33. The van der Waals surface area contributed by atoms with Gasteiger partial charge in [-0.05, 0) is 24.5 Å². The molecule has 0 fully saturated rings. The number of halogens is 1. The van der Waals surface area contributed by atoms with Gasteiger partial charge in [0, 0.05) is 23.9 Å². The van der Waals surface area contributed by atoms with E-state index in [1.807, 2.05) is 38.1 Å². The summed E-state index contributed by atoms with van der Waals surface area (Å²) in [6.45, 7) is 4.29. The number of hydrogen-bond donors (Lipinski definition) is 2. The van der Waals surface area contributed by atoms with Crippen LogP contribution in [0.5, 0.6) is 0 Å². The zero-order chi connectivity index (χ0) is 16.1. The summed E-state index contributed by atoms with van der Waals surface area (Å²) in [5.74, 6) is -0.194. The highest BCUT2D eigenvalue weighted by molar-refractivity contribution is 6.31. The summed E-state index contributed by atoms with van der Waals surface area (Å²) in [6.07, 6.45) is 3.22. The van der Waals surface area contributed by atoms with Crippen LogP contribution in [0.2, 0.25) is 5.02 Å².